The summed E-state index contributed by atoms with van der Waals surface area (Å²) < 4.78 is 5.27. The Labute approximate surface area is 133 Å². The predicted molar refractivity (Wildman–Crippen MR) is 80.3 cm³/mol. The quantitative estimate of drug-likeness (QED) is 0.647. The zero-order valence-corrected chi connectivity index (χ0v) is 13.5. The molecule has 0 unspecified atom stereocenters. The van der Waals surface area contributed by atoms with E-state index in [0.717, 1.165) is 9.35 Å². The highest BCUT2D eigenvalue weighted by Crippen LogP contribution is 2.36. The second kappa shape index (κ2) is 5.82. The third-order valence-corrected chi connectivity index (χ3v) is 4.76. The Hall–Kier alpha value is -1.93. The van der Waals surface area contributed by atoms with Crippen molar-refractivity contribution in [1.29, 1.82) is 0 Å². The van der Waals surface area contributed by atoms with Gasteiger partial charge in [0, 0.05) is 10.9 Å². The molecule has 110 valence electrons. The van der Waals surface area contributed by atoms with Gasteiger partial charge in [-0.15, -0.1) is 11.3 Å². The molecule has 1 aliphatic rings. The van der Waals surface area contributed by atoms with Crippen molar-refractivity contribution >= 4 is 45.1 Å². The van der Waals surface area contributed by atoms with Crippen LogP contribution in [0.2, 0.25) is 0 Å². The van der Waals surface area contributed by atoms with Crippen LogP contribution < -0.4 is 5.32 Å². The van der Waals surface area contributed by atoms with Gasteiger partial charge in [-0.2, -0.15) is 0 Å². The maximum atomic E-state index is 12.2. The fourth-order valence-corrected chi connectivity index (χ4v) is 3.19. The molecule has 0 saturated carbocycles. The number of nitrogens with zero attached hydrogens (tertiary/aromatic N) is 1. The molecule has 6 nitrogen and oxygen atoms in total. The maximum absolute atomic E-state index is 12.2. The molecule has 1 aliphatic heterocycles. The van der Waals surface area contributed by atoms with Crippen LogP contribution in [-0.2, 0) is 20.9 Å². The van der Waals surface area contributed by atoms with Crippen molar-refractivity contribution in [2.24, 2.45) is 0 Å². The van der Waals surface area contributed by atoms with Crippen molar-refractivity contribution in [3.05, 3.63) is 44.8 Å². The van der Waals surface area contributed by atoms with Gasteiger partial charge in [0.25, 0.3) is 11.8 Å². The highest BCUT2D eigenvalue weighted by molar-refractivity contribution is 9.11. The van der Waals surface area contributed by atoms with Gasteiger partial charge in [0.1, 0.15) is 11.4 Å². The number of esters is 1. The Balaban J connectivity index is 2.09. The smallest absolute Gasteiger partial charge is 0.353 e. The third-order valence-electron chi connectivity index (χ3n) is 2.92. The summed E-state index contributed by atoms with van der Waals surface area (Å²) in [6.45, 7) is 7.24. The first-order chi connectivity index (χ1) is 9.86. The largest absolute Gasteiger partial charge is 0.464 e. The van der Waals surface area contributed by atoms with Crippen molar-refractivity contribution in [3.63, 3.8) is 0 Å². The molecule has 21 heavy (non-hydrogen) atoms. The first-order valence-electron chi connectivity index (χ1n) is 5.72. The molecule has 0 atom stereocenters. The molecule has 2 rings (SSSR count). The zero-order valence-electron chi connectivity index (χ0n) is 11.1. The van der Waals surface area contributed by atoms with Crippen molar-refractivity contribution in [2.45, 2.75) is 6.54 Å². The van der Waals surface area contributed by atoms with Gasteiger partial charge in [0.15, 0.2) is 0 Å². The van der Waals surface area contributed by atoms with E-state index in [0.29, 0.717) is 5.56 Å². The molecule has 0 aliphatic carbocycles. The average molecular weight is 371 g/mol. The van der Waals surface area contributed by atoms with Gasteiger partial charge >= 0.3 is 5.97 Å². The van der Waals surface area contributed by atoms with Crippen molar-refractivity contribution < 1.29 is 19.1 Å². The van der Waals surface area contributed by atoms with Crippen LogP contribution in [0.5, 0.6) is 0 Å². The van der Waals surface area contributed by atoms with E-state index in [1.54, 1.807) is 5.38 Å². The molecule has 0 spiro atoms. The first kappa shape index (κ1) is 15.5. The molecular weight excluding hydrogens is 360 g/mol. The van der Waals surface area contributed by atoms with Crippen LogP contribution in [0.1, 0.15) is 15.9 Å². The number of hydrogen-bond donors (Lipinski definition) is 1. The number of carbonyl (C=O) groups is 3. The number of fused-ring (bicyclic) bond motifs is 1. The standard InChI is InChI=1S/C13H11BrN2O4S/c1-6(13(19)20-3)15-11(17)7(2)16-4-8-9(12(16)18)5-21-10(8)14/h5H,1-2,4H2,3H3,(H,15,17). The number of halogens is 1. The normalized spacial score (nSPS) is 12.9. The summed E-state index contributed by atoms with van der Waals surface area (Å²) in [6, 6.07) is 0. The number of carbonyl (C=O) groups excluding carboxylic acids is 3. The average Bonchev–Trinajstić information content (AvgIpc) is 2.98. The fourth-order valence-electron chi connectivity index (χ4n) is 1.78. The number of nitrogens with one attached hydrogen (secondary N) is 1. The lowest BCUT2D eigenvalue weighted by Crippen LogP contribution is -2.36. The van der Waals surface area contributed by atoms with Gasteiger partial charge in [-0.25, -0.2) is 4.79 Å². The van der Waals surface area contributed by atoms with E-state index in [9.17, 15) is 14.4 Å². The Morgan fingerprint density at radius 1 is 1.48 bits per heavy atom. The van der Waals surface area contributed by atoms with Gasteiger partial charge in [0.2, 0.25) is 0 Å². The summed E-state index contributed by atoms with van der Waals surface area (Å²) in [7, 11) is 1.17. The summed E-state index contributed by atoms with van der Waals surface area (Å²) in [5.74, 6) is -1.73. The van der Waals surface area contributed by atoms with Gasteiger partial charge in [-0.1, -0.05) is 13.2 Å². The van der Waals surface area contributed by atoms with E-state index in [4.69, 9.17) is 0 Å². The van der Waals surface area contributed by atoms with Crippen LogP contribution in [-0.4, -0.2) is 29.8 Å². The molecular formula is C13H11BrN2O4S. The summed E-state index contributed by atoms with van der Waals surface area (Å²) in [5, 5.41) is 3.97. The first-order valence-corrected chi connectivity index (χ1v) is 7.39. The lowest BCUT2D eigenvalue weighted by Gasteiger charge is -2.18. The van der Waals surface area contributed by atoms with Crippen molar-refractivity contribution in [1.82, 2.24) is 10.2 Å². The second-order valence-electron chi connectivity index (χ2n) is 4.16. The van der Waals surface area contributed by atoms with Gasteiger partial charge in [-0.3, -0.25) is 14.5 Å². The number of thiophene rings is 1. The van der Waals surface area contributed by atoms with E-state index in [1.807, 2.05) is 0 Å². The number of amides is 2. The molecule has 0 aromatic carbocycles. The molecule has 0 bridgehead atoms. The van der Waals surface area contributed by atoms with Crippen LogP contribution in [0.3, 0.4) is 0 Å². The molecule has 2 amide bonds. The summed E-state index contributed by atoms with van der Waals surface area (Å²) in [6.07, 6.45) is 0. The minimum Gasteiger partial charge on any atom is -0.464 e. The second-order valence-corrected chi connectivity index (χ2v) is 6.36. The Bertz CT molecular complexity index is 680. The van der Waals surface area contributed by atoms with Crippen LogP contribution in [0.15, 0.2) is 33.7 Å². The van der Waals surface area contributed by atoms with Crippen LogP contribution in [0, 0.1) is 0 Å². The minimum atomic E-state index is -0.759. The highest BCUT2D eigenvalue weighted by Gasteiger charge is 2.34. The zero-order chi connectivity index (χ0) is 15.7. The summed E-state index contributed by atoms with van der Waals surface area (Å²) >= 11 is 4.78. The monoisotopic (exact) mass is 370 g/mol. The van der Waals surface area contributed by atoms with E-state index in [2.05, 4.69) is 39.1 Å². The molecule has 0 fully saturated rings. The van der Waals surface area contributed by atoms with E-state index >= 15 is 0 Å². The minimum absolute atomic E-state index is 0.0573. The van der Waals surface area contributed by atoms with E-state index < -0.39 is 11.9 Å². The Morgan fingerprint density at radius 2 is 2.14 bits per heavy atom. The van der Waals surface area contributed by atoms with Crippen LogP contribution in [0.4, 0.5) is 0 Å². The van der Waals surface area contributed by atoms with Gasteiger partial charge in [-0.05, 0) is 15.9 Å². The van der Waals surface area contributed by atoms with E-state index in [-0.39, 0.29) is 23.8 Å². The number of methoxy groups -OCH3 is 1. The molecule has 8 heteroatoms. The molecule has 0 saturated heterocycles. The molecule has 1 aromatic rings. The Morgan fingerprint density at radius 3 is 2.71 bits per heavy atom. The maximum Gasteiger partial charge on any atom is 0.353 e. The summed E-state index contributed by atoms with van der Waals surface area (Å²) in [5.41, 5.74) is 1.10. The predicted octanol–water partition coefficient (Wildman–Crippen LogP) is 1.78. The van der Waals surface area contributed by atoms with E-state index in [1.165, 1.54) is 23.3 Å². The number of ether oxygens (including phenoxy) is 1. The number of rotatable bonds is 4. The number of hydrogen-bond acceptors (Lipinski definition) is 5. The fraction of sp³-hybridized carbons (Fsp3) is 0.154. The molecule has 1 aromatic heterocycles. The molecule has 2 heterocycles. The topological polar surface area (TPSA) is 75.7 Å². The Kier molecular flexibility index (Phi) is 4.29. The molecule has 0 radical (unpaired) electrons. The van der Waals surface area contributed by atoms with Gasteiger partial charge < -0.3 is 10.1 Å². The van der Waals surface area contributed by atoms with Crippen molar-refractivity contribution in [3.8, 4) is 0 Å². The molecule has 1 N–H and O–H groups in total. The van der Waals surface area contributed by atoms with Crippen molar-refractivity contribution in [2.75, 3.05) is 7.11 Å². The van der Waals surface area contributed by atoms with Gasteiger partial charge in [0.05, 0.1) is 23.0 Å². The van der Waals surface area contributed by atoms with Crippen LogP contribution >= 0.6 is 27.3 Å². The summed E-state index contributed by atoms with van der Waals surface area (Å²) in [4.78, 5) is 36.6. The lowest BCUT2D eigenvalue weighted by atomic mass is 10.2. The van der Waals surface area contributed by atoms with Crippen LogP contribution in [0.25, 0.3) is 0 Å². The lowest BCUT2D eigenvalue weighted by molar-refractivity contribution is -0.137. The SMILES string of the molecule is C=C(NC(=O)C(=C)N1Cc2c(csc2Br)C1=O)C(=O)OC. The third kappa shape index (κ3) is 2.77. The highest BCUT2D eigenvalue weighted by atomic mass is 79.9.